The summed E-state index contributed by atoms with van der Waals surface area (Å²) in [7, 11) is 0. The molecule has 3 nitrogen and oxygen atoms in total. The van der Waals surface area contributed by atoms with Gasteiger partial charge in [-0.15, -0.1) is 0 Å². The number of carboxylic acids is 1. The Bertz CT molecular complexity index is 348. The lowest BCUT2D eigenvalue weighted by atomic mass is 10.2. The Morgan fingerprint density at radius 3 is 2.75 bits per heavy atom. The minimum absolute atomic E-state index is 0.135. The van der Waals surface area contributed by atoms with E-state index in [2.05, 4.69) is 15.9 Å². The van der Waals surface area contributed by atoms with E-state index in [4.69, 9.17) is 9.84 Å². The molecular weight excluding hydrogens is 279 g/mol. The molecule has 16 heavy (non-hydrogen) atoms. The summed E-state index contributed by atoms with van der Waals surface area (Å²) in [6.07, 6.45) is 1.34. The van der Waals surface area contributed by atoms with Crippen LogP contribution in [0.15, 0.2) is 22.7 Å². The van der Waals surface area contributed by atoms with Crippen LogP contribution in [0.25, 0.3) is 0 Å². The highest BCUT2D eigenvalue weighted by atomic mass is 79.9. The van der Waals surface area contributed by atoms with Crippen molar-refractivity contribution >= 4 is 21.9 Å². The highest BCUT2D eigenvalue weighted by Crippen LogP contribution is 2.20. The summed E-state index contributed by atoms with van der Waals surface area (Å²) in [6.45, 7) is 0.392. The number of hydrogen-bond donors (Lipinski definition) is 1. The smallest absolute Gasteiger partial charge is 0.303 e. The third-order valence-electron chi connectivity index (χ3n) is 1.89. The number of carbonyl (C=O) groups is 1. The first-order chi connectivity index (χ1) is 7.58. The molecule has 1 rings (SSSR count). The van der Waals surface area contributed by atoms with Gasteiger partial charge in [0.2, 0.25) is 0 Å². The van der Waals surface area contributed by atoms with Gasteiger partial charge in [0, 0.05) is 17.0 Å². The Kier molecular flexibility index (Phi) is 5.25. The average Bonchev–Trinajstić information content (AvgIpc) is 2.15. The van der Waals surface area contributed by atoms with Crippen molar-refractivity contribution in [1.29, 1.82) is 0 Å². The number of aliphatic carboxylic acids is 1. The molecule has 0 aromatic heterocycles. The minimum atomic E-state index is -0.812. The second kappa shape index (κ2) is 6.48. The number of carboxylic acid groups (broad SMARTS) is 1. The highest BCUT2D eigenvalue weighted by molar-refractivity contribution is 9.10. The fourth-order valence-electron chi connectivity index (χ4n) is 1.18. The normalized spacial score (nSPS) is 10.1. The number of halogens is 2. The number of unbranched alkanes of at least 4 members (excludes halogenated alkanes) is 1. The van der Waals surface area contributed by atoms with Crippen molar-refractivity contribution in [1.82, 2.24) is 0 Å². The van der Waals surface area contributed by atoms with E-state index < -0.39 is 5.97 Å². The second-order valence-electron chi connectivity index (χ2n) is 3.30. The third kappa shape index (κ3) is 5.11. The molecule has 0 aliphatic carbocycles. The molecule has 0 saturated carbocycles. The van der Waals surface area contributed by atoms with Crippen LogP contribution in [0, 0.1) is 5.82 Å². The summed E-state index contributed by atoms with van der Waals surface area (Å²) in [5, 5.41) is 8.41. The van der Waals surface area contributed by atoms with E-state index in [0.717, 1.165) is 0 Å². The first kappa shape index (κ1) is 13.0. The molecule has 0 radical (unpaired) electrons. The lowest BCUT2D eigenvalue weighted by molar-refractivity contribution is -0.137. The molecule has 0 spiro atoms. The molecule has 1 N–H and O–H groups in total. The first-order valence-corrected chi connectivity index (χ1v) is 5.68. The zero-order chi connectivity index (χ0) is 12.0. The fourth-order valence-corrected chi connectivity index (χ4v) is 1.62. The SMILES string of the molecule is O=C(O)CCCCOc1cc(F)cc(Br)c1. The number of benzene rings is 1. The van der Waals surface area contributed by atoms with Crippen LogP contribution in [0.3, 0.4) is 0 Å². The van der Waals surface area contributed by atoms with Crippen molar-refractivity contribution in [2.24, 2.45) is 0 Å². The van der Waals surface area contributed by atoms with Crippen LogP contribution in [0.1, 0.15) is 19.3 Å². The summed E-state index contributed by atoms with van der Waals surface area (Å²) in [4.78, 5) is 10.2. The second-order valence-corrected chi connectivity index (χ2v) is 4.22. The van der Waals surface area contributed by atoms with Gasteiger partial charge < -0.3 is 9.84 Å². The van der Waals surface area contributed by atoms with E-state index in [1.807, 2.05) is 0 Å². The third-order valence-corrected chi connectivity index (χ3v) is 2.35. The summed E-state index contributed by atoms with van der Waals surface area (Å²) in [5.74, 6) is -0.731. The van der Waals surface area contributed by atoms with Gasteiger partial charge in [-0.3, -0.25) is 4.79 Å². The Hall–Kier alpha value is -1.10. The van der Waals surface area contributed by atoms with Crippen LogP contribution < -0.4 is 4.74 Å². The number of rotatable bonds is 6. The van der Waals surface area contributed by atoms with Crippen molar-refractivity contribution in [3.8, 4) is 5.75 Å². The molecule has 0 heterocycles. The monoisotopic (exact) mass is 290 g/mol. The molecule has 88 valence electrons. The molecule has 0 unspecified atom stereocenters. The van der Waals surface area contributed by atoms with Gasteiger partial charge in [-0.2, -0.15) is 0 Å². The lowest BCUT2D eigenvalue weighted by Crippen LogP contribution is -2.00. The maximum Gasteiger partial charge on any atom is 0.303 e. The minimum Gasteiger partial charge on any atom is -0.493 e. The van der Waals surface area contributed by atoms with Gasteiger partial charge in [0.25, 0.3) is 0 Å². The molecule has 0 aliphatic heterocycles. The Balaban J connectivity index is 2.29. The molecule has 0 aliphatic rings. The van der Waals surface area contributed by atoms with E-state index >= 15 is 0 Å². The standard InChI is InChI=1S/C11H12BrFO3/c12-8-5-9(13)7-10(6-8)16-4-2-1-3-11(14)15/h5-7H,1-4H2,(H,14,15). The van der Waals surface area contributed by atoms with E-state index in [9.17, 15) is 9.18 Å². The molecule has 0 saturated heterocycles. The van der Waals surface area contributed by atoms with E-state index in [0.29, 0.717) is 29.7 Å². The van der Waals surface area contributed by atoms with Crippen LogP contribution in [0.4, 0.5) is 4.39 Å². The van der Waals surface area contributed by atoms with E-state index in [1.54, 1.807) is 6.07 Å². The van der Waals surface area contributed by atoms with Crippen LogP contribution in [-0.2, 0) is 4.79 Å². The topological polar surface area (TPSA) is 46.5 Å². The highest BCUT2D eigenvalue weighted by Gasteiger charge is 2.00. The molecular formula is C11H12BrFO3. The zero-order valence-corrected chi connectivity index (χ0v) is 10.2. The number of ether oxygens (including phenoxy) is 1. The lowest BCUT2D eigenvalue weighted by Gasteiger charge is -2.06. The Labute approximate surface area is 101 Å². The van der Waals surface area contributed by atoms with Crippen LogP contribution >= 0.6 is 15.9 Å². The average molecular weight is 291 g/mol. The summed E-state index contributed by atoms with van der Waals surface area (Å²) >= 11 is 3.16. The van der Waals surface area contributed by atoms with Gasteiger partial charge >= 0.3 is 5.97 Å². The summed E-state index contributed by atoms with van der Waals surface area (Å²) in [6, 6.07) is 4.31. The molecule has 1 aromatic carbocycles. The predicted octanol–water partition coefficient (Wildman–Crippen LogP) is 3.22. The van der Waals surface area contributed by atoms with Gasteiger partial charge in [0.15, 0.2) is 0 Å². The fraction of sp³-hybridized carbons (Fsp3) is 0.364. The maximum atomic E-state index is 12.9. The molecule has 0 fully saturated rings. The quantitative estimate of drug-likeness (QED) is 0.818. The zero-order valence-electron chi connectivity index (χ0n) is 8.58. The van der Waals surface area contributed by atoms with Gasteiger partial charge in [-0.05, 0) is 25.0 Å². The van der Waals surface area contributed by atoms with Crippen molar-refractivity contribution in [3.63, 3.8) is 0 Å². The molecule has 0 atom stereocenters. The Morgan fingerprint density at radius 2 is 2.12 bits per heavy atom. The van der Waals surface area contributed by atoms with Crippen molar-refractivity contribution in [2.75, 3.05) is 6.61 Å². The summed E-state index contributed by atoms with van der Waals surface area (Å²) < 4.78 is 18.8. The van der Waals surface area contributed by atoms with Crippen molar-refractivity contribution in [3.05, 3.63) is 28.5 Å². The van der Waals surface area contributed by atoms with Crippen molar-refractivity contribution in [2.45, 2.75) is 19.3 Å². The largest absolute Gasteiger partial charge is 0.493 e. The Morgan fingerprint density at radius 1 is 1.38 bits per heavy atom. The predicted molar refractivity (Wildman–Crippen MR) is 61.1 cm³/mol. The first-order valence-electron chi connectivity index (χ1n) is 4.88. The van der Waals surface area contributed by atoms with Gasteiger partial charge in [0.1, 0.15) is 11.6 Å². The van der Waals surface area contributed by atoms with Crippen LogP contribution in [0.2, 0.25) is 0 Å². The van der Waals surface area contributed by atoms with E-state index in [-0.39, 0.29) is 12.2 Å². The number of hydrogen-bond acceptors (Lipinski definition) is 2. The molecule has 0 bridgehead atoms. The molecule has 1 aromatic rings. The molecule has 5 heteroatoms. The summed E-state index contributed by atoms with van der Waals surface area (Å²) in [5.41, 5.74) is 0. The van der Waals surface area contributed by atoms with Gasteiger partial charge in [-0.1, -0.05) is 15.9 Å². The van der Waals surface area contributed by atoms with Gasteiger partial charge in [-0.25, -0.2) is 4.39 Å². The van der Waals surface area contributed by atoms with Gasteiger partial charge in [0.05, 0.1) is 6.61 Å². The molecule has 0 amide bonds. The van der Waals surface area contributed by atoms with Crippen LogP contribution in [-0.4, -0.2) is 17.7 Å². The van der Waals surface area contributed by atoms with Crippen molar-refractivity contribution < 1.29 is 19.0 Å². The van der Waals surface area contributed by atoms with E-state index in [1.165, 1.54) is 12.1 Å². The van der Waals surface area contributed by atoms with Crippen LogP contribution in [0.5, 0.6) is 5.75 Å². The maximum absolute atomic E-state index is 12.9.